The number of benzene rings is 1. The van der Waals surface area contributed by atoms with Gasteiger partial charge in [-0.25, -0.2) is 0 Å². The van der Waals surface area contributed by atoms with E-state index in [0.29, 0.717) is 30.2 Å². The molecule has 2 aromatic heterocycles. The van der Waals surface area contributed by atoms with E-state index in [9.17, 15) is 9.59 Å². The zero-order valence-electron chi connectivity index (χ0n) is 19.0. The van der Waals surface area contributed by atoms with Crippen LogP contribution < -0.4 is 15.4 Å². The molecule has 0 bridgehead atoms. The molecule has 0 fully saturated rings. The number of pyridine rings is 1. The Morgan fingerprint density at radius 3 is 2.44 bits per heavy atom. The second kappa shape index (κ2) is 10.7. The van der Waals surface area contributed by atoms with E-state index in [0.717, 1.165) is 12.1 Å². The molecule has 0 spiro atoms. The number of aromatic nitrogens is 3. The third-order valence-electron chi connectivity index (χ3n) is 5.21. The van der Waals surface area contributed by atoms with Gasteiger partial charge in [0.2, 0.25) is 5.91 Å². The van der Waals surface area contributed by atoms with E-state index in [1.807, 2.05) is 49.6 Å². The Morgan fingerprint density at radius 2 is 1.78 bits per heavy atom. The van der Waals surface area contributed by atoms with Gasteiger partial charge in [0.25, 0.3) is 5.91 Å². The lowest BCUT2D eigenvalue weighted by Crippen LogP contribution is -2.50. The fourth-order valence-corrected chi connectivity index (χ4v) is 3.54. The number of amides is 2. The number of nitrogens with zero attached hydrogens (tertiary/aromatic N) is 3. The molecular formula is C24H31N5O3. The first-order valence-electron chi connectivity index (χ1n) is 11.1. The van der Waals surface area contributed by atoms with Crippen LogP contribution in [-0.2, 0) is 4.79 Å². The number of nitrogens with one attached hydrogen (secondary N) is 2. The molecule has 3 rings (SSSR count). The van der Waals surface area contributed by atoms with Gasteiger partial charge in [-0.1, -0.05) is 33.3 Å². The Hall–Kier alpha value is -3.42. The summed E-state index contributed by atoms with van der Waals surface area (Å²) in [6.07, 6.45) is 3.45. The molecule has 8 nitrogen and oxygen atoms in total. The maximum Gasteiger partial charge on any atom is 0.251 e. The van der Waals surface area contributed by atoms with Gasteiger partial charge < -0.3 is 15.4 Å². The first-order chi connectivity index (χ1) is 15.4. The number of carbonyl (C=O) groups is 2. The standard InChI is InChI=1S/C24H31N5O3/c1-5-9-19(22-28-27-20-10-7-8-15-29(20)22)25-24(31)21(16(3)4)26-23(30)17-11-13-18(14-12-17)32-6-2/h7-8,10-16,19,21H,5-6,9H2,1-4H3,(H,25,31)(H,26,30). The molecule has 8 heteroatoms. The Balaban J connectivity index is 1.75. The zero-order chi connectivity index (χ0) is 23.1. The lowest BCUT2D eigenvalue weighted by molar-refractivity contribution is -0.124. The van der Waals surface area contributed by atoms with E-state index < -0.39 is 6.04 Å². The van der Waals surface area contributed by atoms with Gasteiger partial charge >= 0.3 is 0 Å². The summed E-state index contributed by atoms with van der Waals surface area (Å²) in [4.78, 5) is 26.0. The molecule has 0 saturated heterocycles. The van der Waals surface area contributed by atoms with Gasteiger partial charge in [0.15, 0.2) is 11.5 Å². The number of rotatable bonds is 10. The third kappa shape index (κ3) is 5.43. The van der Waals surface area contributed by atoms with E-state index >= 15 is 0 Å². The summed E-state index contributed by atoms with van der Waals surface area (Å²) < 4.78 is 7.30. The van der Waals surface area contributed by atoms with Crippen LogP contribution in [0.15, 0.2) is 48.7 Å². The van der Waals surface area contributed by atoms with Crippen molar-refractivity contribution in [2.75, 3.05) is 6.61 Å². The molecule has 0 aliphatic heterocycles. The average molecular weight is 438 g/mol. The van der Waals surface area contributed by atoms with Crippen LogP contribution in [0.4, 0.5) is 0 Å². The van der Waals surface area contributed by atoms with Crippen LogP contribution in [0.3, 0.4) is 0 Å². The predicted molar refractivity (Wildman–Crippen MR) is 122 cm³/mol. The summed E-state index contributed by atoms with van der Waals surface area (Å²) in [5.41, 5.74) is 1.20. The largest absolute Gasteiger partial charge is 0.494 e. The van der Waals surface area contributed by atoms with Gasteiger partial charge in [-0.05, 0) is 55.7 Å². The molecule has 2 unspecified atom stereocenters. The van der Waals surface area contributed by atoms with Crippen molar-refractivity contribution in [3.63, 3.8) is 0 Å². The van der Waals surface area contributed by atoms with Crippen LogP contribution >= 0.6 is 0 Å². The fraction of sp³-hybridized carbons (Fsp3) is 0.417. The van der Waals surface area contributed by atoms with E-state index in [2.05, 4.69) is 27.8 Å². The molecule has 0 aliphatic rings. The first kappa shape index (κ1) is 23.2. The normalized spacial score (nSPS) is 13.0. The van der Waals surface area contributed by atoms with Crippen LogP contribution in [0, 0.1) is 5.92 Å². The highest BCUT2D eigenvalue weighted by Gasteiger charge is 2.28. The summed E-state index contributed by atoms with van der Waals surface area (Å²) in [5, 5.41) is 14.5. The maximum atomic E-state index is 13.2. The van der Waals surface area contributed by atoms with E-state index in [4.69, 9.17) is 4.74 Å². The minimum Gasteiger partial charge on any atom is -0.494 e. The Labute approximate surface area is 188 Å². The zero-order valence-corrected chi connectivity index (χ0v) is 19.0. The summed E-state index contributed by atoms with van der Waals surface area (Å²) >= 11 is 0. The second-order valence-corrected chi connectivity index (χ2v) is 7.99. The molecule has 0 radical (unpaired) electrons. The van der Waals surface area contributed by atoms with Gasteiger partial charge in [-0.15, -0.1) is 10.2 Å². The lowest BCUT2D eigenvalue weighted by atomic mass is 10.0. The van der Waals surface area contributed by atoms with Gasteiger partial charge in [-0.3, -0.25) is 14.0 Å². The highest BCUT2D eigenvalue weighted by atomic mass is 16.5. The van der Waals surface area contributed by atoms with Crippen LogP contribution in [0.25, 0.3) is 5.65 Å². The van der Waals surface area contributed by atoms with Crippen molar-refractivity contribution in [3.8, 4) is 5.75 Å². The Bertz CT molecular complexity index is 1050. The number of ether oxygens (including phenoxy) is 1. The summed E-state index contributed by atoms with van der Waals surface area (Å²) in [6, 6.07) is 11.5. The SMILES string of the molecule is CCCC(NC(=O)C(NC(=O)c1ccc(OCC)cc1)C(C)C)c1nnc2ccccn12. The number of carbonyl (C=O) groups excluding carboxylic acids is 2. The maximum absolute atomic E-state index is 13.2. The van der Waals surface area contributed by atoms with Gasteiger partial charge in [0, 0.05) is 11.8 Å². The molecule has 2 amide bonds. The highest BCUT2D eigenvalue weighted by molar-refractivity contribution is 5.97. The molecule has 32 heavy (non-hydrogen) atoms. The van der Waals surface area contributed by atoms with Gasteiger partial charge in [-0.2, -0.15) is 0 Å². The molecule has 2 N–H and O–H groups in total. The van der Waals surface area contributed by atoms with E-state index in [1.54, 1.807) is 24.3 Å². The summed E-state index contributed by atoms with van der Waals surface area (Å²) in [6.45, 7) is 8.33. The second-order valence-electron chi connectivity index (χ2n) is 7.99. The molecule has 170 valence electrons. The van der Waals surface area contributed by atoms with Crippen molar-refractivity contribution in [3.05, 3.63) is 60.0 Å². The highest BCUT2D eigenvalue weighted by Crippen LogP contribution is 2.19. The Kier molecular flexibility index (Phi) is 7.81. The first-order valence-corrected chi connectivity index (χ1v) is 11.1. The monoisotopic (exact) mass is 437 g/mol. The Morgan fingerprint density at radius 1 is 1.03 bits per heavy atom. The lowest BCUT2D eigenvalue weighted by Gasteiger charge is -2.25. The van der Waals surface area contributed by atoms with Crippen molar-refractivity contribution < 1.29 is 14.3 Å². The minimum atomic E-state index is -0.687. The van der Waals surface area contributed by atoms with Crippen molar-refractivity contribution in [2.45, 2.75) is 52.6 Å². The van der Waals surface area contributed by atoms with Gasteiger partial charge in [0.05, 0.1) is 12.6 Å². The van der Waals surface area contributed by atoms with Crippen LogP contribution in [0.1, 0.15) is 62.8 Å². The predicted octanol–water partition coefficient (Wildman–Crippen LogP) is 3.54. The van der Waals surface area contributed by atoms with Crippen molar-refractivity contribution in [2.24, 2.45) is 5.92 Å². The van der Waals surface area contributed by atoms with E-state index in [1.165, 1.54) is 0 Å². The molecule has 2 atom stereocenters. The third-order valence-corrected chi connectivity index (χ3v) is 5.21. The molecule has 0 saturated carbocycles. The van der Waals surface area contributed by atoms with Crippen molar-refractivity contribution in [1.29, 1.82) is 0 Å². The van der Waals surface area contributed by atoms with Crippen LogP contribution in [0.5, 0.6) is 5.75 Å². The van der Waals surface area contributed by atoms with E-state index in [-0.39, 0.29) is 23.8 Å². The molecule has 3 aromatic rings. The number of fused-ring (bicyclic) bond motifs is 1. The van der Waals surface area contributed by atoms with Crippen LogP contribution in [-0.4, -0.2) is 39.1 Å². The molecule has 2 heterocycles. The summed E-state index contributed by atoms with van der Waals surface area (Å²) in [7, 11) is 0. The quantitative estimate of drug-likeness (QED) is 0.506. The topological polar surface area (TPSA) is 97.6 Å². The van der Waals surface area contributed by atoms with Crippen molar-refractivity contribution >= 4 is 17.5 Å². The molecular weight excluding hydrogens is 406 g/mol. The molecule has 0 aliphatic carbocycles. The van der Waals surface area contributed by atoms with Gasteiger partial charge in [0.1, 0.15) is 11.8 Å². The summed E-state index contributed by atoms with van der Waals surface area (Å²) in [5.74, 6) is 0.729. The van der Waals surface area contributed by atoms with Crippen LogP contribution in [0.2, 0.25) is 0 Å². The average Bonchev–Trinajstić information content (AvgIpc) is 3.21. The fourth-order valence-electron chi connectivity index (χ4n) is 3.54. The minimum absolute atomic E-state index is 0.0981. The molecule has 1 aromatic carbocycles. The van der Waals surface area contributed by atoms with Crippen molar-refractivity contribution in [1.82, 2.24) is 25.2 Å². The smallest absolute Gasteiger partial charge is 0.251 e. The number of hydrogen-bond donors (Lipinski definition) is 2. The number of hydrogen-bond acceptors (Lipinski definition) is 5.